The molecule has 0 fully saturated rings. The third-order valence-corrected chi connectivity index (χ3v) is 5.34. The van der Waals surface area contributed by atoms with Gasteiger partial charge in [-0.1, -0.05) is 24.3 Å². The van der Waals surface area contributed by atoms with Gasteiger partial charge in [-0.05, 0) is 30.7 Å². The van der Waals surface area contributed by atoms with E-state index in [4.69, 9.17) is 0 Å². The van der Waals surface area contributed by atoms with E-state index in [9.17, 15) is 4.79 Å². The molecule has 6 nitrogen and oxygen atoms in total. The highest BCUT2D eigenvalue weighted by Crippen LogP contribution is 2.22. The number of benzene rings is 1. The Morgan fingerprint density at radius 3 is 2.96 bits per heavy atom. The van der Waals surface area contributed by atoms with Crippen LogP contribution in [0.25, 0.3) is 0 Å². The second-order valence-corrected chi connectivity index (χ2v) is 7.15. The van der Waals surface area contributed by atoms with Gasteiger partial charge in [0, 0.05) is 39.3 Å². The van der Waals surface area contributed by atoms with Gasteiger partial charge in [-0.25, -0.2) is 0 Å². The molecule has 1 amide bonds. The lowest BCUT2D eigenvalue weighted by Gasteiger charge is -2.36. The van der Waals surface area contributed by atoms with Gasteiger partial charge in [-0.3, -0.25) is 14.4 Å². The Labute approximate surface area is 148 Å². The number of aromatic nitrogens is 2. The summed E-state index contributed by atoms with van der Waals surface area (Å²) in [4.78, 5) is 17.0. The highest BCUT2D eigenvalue weighted by atomic mass is 16.2. The molecule has 0 radical (unpaired) electrons. The fourth-order valence-electron chi connectivity index (χ4n) is 3.81. The first-order chi connectivity index (χ1) is 12.1. The molecule has 132 valence electrons. The molecule has 1 N–H and O–H groups in total. The molecular formula is C19H25N5O. The van der Waals surface area contributed by atoms with Crippen molar-refractivity contribution >= 4 is 5.91 Å². The van der Waals surface area contributed by atoms with Crippen LogP contribution in [0.15, 0.2) is 30.3 Å². The third kappa shape index (κ3) is 3.19. The van der Waals surface area contributed by atoms with Crippen LogP contribution in [-0.4, -0.2) is 58.7 Å². The summed E-state index contributed by atoms with van der Waals surface area (Å²) >= 11 is 0. The molecule has 2 aliphatic rings. The molecule has 4 rings (SSSR count). The van der Waals surface area contributed by atoms with Crippen molar-refractivity contribution in [2.24, 2.45) is 0 Å². The quantitative estimate of drug-likeness (QED) is 0.910. The summed E-state index contributed by atoms with van der Waals surface area (Å²) in [6, 6.07) is 10.8. The summed E-state index contributed by atoms with van der Waals surface area (Å²) in [5.74, 6) is 0.00848. The van der Waals surface area contributed by atoms with Crippen molar-refractivity contribution in [2.75, 3.05) is 27.2 Å². The number of carbonyl (C=O) groups excluding carboxylic acids is 1. The molecule has 25 heavy (non-hydrogen) atoms. The maximum Gasteiger partial charge on any atom is 0.274 e. The number of fused-ring (bicyclic) bond motifs is 2. The number of nitrogens with zero attached hydrogens (tertiary/aromatic N) is 4. The molecular weight excluding hydrogens is 314 g/mol. The first kappa shape index (κ1) is 16.3. The van der Waals surface area contributed by atoms with E-state index >= 15 is 0 Å². The predicted molar refractivity (Wildman–Crippen MR) is 96.3 cm³/mol. The summed E-state index contributed by atoms with van der Waals surface area (Å²) in [5, 5.41) is 7.80. The Bertz CT molecular complexity index is 760. The lowest BCUT2D eigenvalue weighted by molar-refractivity contribution is 0.0727. The largest absolute Gasteiger partial charge is 0.339 e. The average molecular weight is 339 g/mol. The van der Waals surface area contributed by atoms with Gasteiger partial charge in [0.1, 0.15) is 0 Å². The Balaban J connectivity index is 1.45. The maximum absolute atomic E-state index is 12.8. The molecule has 2 aliphatic heterocycles. The number of nitrogens with one attached hydrogen (secondary N) is 1. The van der Waals surface area contributed by atoms with Crippen molar-refractivity contribution in [1.82, 2.24) is 24.9 Å². The van der Waals surface area contributed by atoms with Gasteiger partial charge in [-0.2, -0.15) is 5.10 Å². The minimum atomic E-state index is 0.00848. The Hall–Kier alpha value is -2.18. The number of likely N-dealkylation sites (N-methyl/N-ethyl adjacent to an activating group) is 2. The van der Waals surface area contributed by atoms with Gasteiger partial charge in [-0.15, -0.1) is 0 Å². The summed E-state index contributed by atoms with van der Waals surface area (Å²) in [7, 11) is 4.02. The second kappa shape index (κ2) is 6.61. The zero-order chi connectivity index (χ0) is 17.4. The zero-order valence-electron chi connectivity index (χ0n) is 14.9. The zero-order valence-corrected chi connectivity index (χ0v) is 14.9. The molecule has 6 heteroatoms. The van der Waals surface area contributed by atoms with E-state index in [0.717, 1.165) is 38.3 Å². The van der Waals surface area contributed by atoms with Crippen molar-refractivity contribution in [2.45, 2.75) is 32.1 Å². The van der Waals surface area contributed by atoms with E-state index in [2.05, 4.69) is 46.6 Å². The van der Waals surface area contributed by atoms with E-state index in [1.54, 1.807) is 0 Å². The van der Waals surface area contributed by atoms with E-state index in [1.807, 2.05) is 22.7 Å². The smallest absolute Gasteiger partial charge is 0.274 e. The standard InChI is InChI=1S/C19H25N5O/c1-22-12-15-6-4-3-5-14(15)9-17(22)13-23(2)19(25)18-10-16-11-20-7-8-24(16)21-18/h3-6,10,17,20H,7-9,11-13H2,1-2H3. The topological polar surface area (TPSA) is 53.4 Å². The lowest BCUT2D eigenvalue weighted by atomic mass is 9.94. The molecule has 1 aromatic heterocycles. The van der Waals surface area contributed by atoms with Crippen molar-refractivity contribution in [3.63, 3.8) is 0 Å². The second-order valence-electron chi connectivity index (χ2n) is 7.15. The van der Waals surface area contributed by atoms with Crippen LogP contribution in [-0.2, 0) is 26.1 Å². The summed E-state index contributed by atoms with van der Waals surface area (Å²) < 4.78 is 1.94. The van der Waals surface area contributed by atoms with Crippen molar-refractivity contribution in [1.29, 1.82) is 0 Å². The Morgan fingerprint density at radius 1 is 1.36 bits per heavy atom. The van der Waals surface area contributed by atoms with Crippen molar-refractivity contribution in [3.8, 4) is 0 Å². The number of hydrogen-bond acceptors (Lipinski definition) is 4. The maximum atomic E-state index is 12.8. The minimum Gasteiger partial charge on any atom is -0.339 e. The fourth-order valence-corrected chi connectivity index (χ4v) is 3.81. The van der Waals surface area contributed by atoms with Crippen LogP contribution < -0.4 is 5.32 Å². The molecule has 3 heterocycles. The van der Waals surface area contributed by atoms with Crippen LogP contribution in [0.3, 0.4) is 0 Å². The number of rotatable bonds is 3. The van der Waals surface area contributed by atoms with Crippen LogP contribution in [0, 0.1) is 0 Å². The van der Waals surface area contributed by atoms with Crippen LogP contribution in [0.5, 0.6) is 0 Å². The minimum absolute atomic E-state index is 0.00848. The van der Waals surface area contributed by atoms with E-state index < -0.39 is 0 Å². The monoisotopic (exact) mass is 339 g/mol. The molecule has 1 atom stereocenters. The summed E-state index contributed by atoms with van der Waals surface area (Å²) in [5.41, 5.74) is 4.44. The first-order valence-electron chi connectivity index (χ1n) is 8.92. The molecule has 0 saturated heterocycles. The van der Waals surface area contributed by atoms with E-state index in [1.165, 1.54) is 11.1 Å². The molecule has 0 aliphatic carbocycles. The number of amides is 1. The summed E-state index contributed by atoms with van der Waals surface area (Å²) in [6.45, 7) is 4.17. The van der Waals surface area contributed by atoms with Gasteiger partial charge in [0.2, 0.25) is 0 Å². The fraction of sp³-hybridized carbons (Fsp3) is 0.474. The molecule has 2 aromatic rings. The SMILES string of the molecule is CN(CC1Cc2ccccc2CN1C)C(=O)c1cc2n(n1)CCNC2. The predicted octanol–water partition coefficient (Wildman–Crippen LogP) is 1.11. The van der Waals surface area contributed by atoms with Gasteiger partial charge in [0.05, 0.1) is 12.2 Å². The van der Waals surface area contributed by atoms with Crippen LogP contribution in [0.4, 0.5) is 0 Å². The van der Waals surface area contributed by atoms with Gasteiger partial charge >= 0.3 is 0 Å². The van der Waals surface area contributed by atoms with Crippen molar-refractivity contribution < 1.29 is 4.79 Å². The normalized spacial score (nSPS) is 20.0. The molecule has 0 spiro atoms. The Morgan fingerprint density at radius 2 is 2.16 bits per heavy atom. The molecule has 1 unspecified atom stereocenters. The highest BCUT2D eigenvalue weighted by Gasteiger charge is 2.27. The molecule has 1 aromatic carbocycles. The van der Waals surface area contributed by atoms with Crippen molar-refractivity contribution in [3.05, 3.63) is 52.8 Å². The van der Waals surface area contributed by atoms with E-state index in [0.29, 0.717) is 18.3 Å². The molecule has 0 bridgehead atoms. The van der Waals surface area contributed by atoms with Gasteiger partial charge < -0.3 is 10.2 Å². The highest BCUT2D eigenvalue weighted by molar-refractivity contribution is 5.92. The van der Waals surface area contributed by atoms with Crippen LogP contribution in [0.1, 0.15) is 27.3 Å². The average Bonchev–Trinajstić information content (AvgIpc) is 3.05. The van der Waals surface area contributed by atoms with Crippen LogP contribution >= 0.6 is 0 Å². The number of hydrogen-bond donors (Lipinski definition) is 1. The Kier molecular flexibility index (Phi) is 4.31. The first-order valence-corrected chi connectivity index (χ1v) is 8.92. The summed E-state index contributed by atoms with van der Waals surface area (Å²) in [6.07, 6.45) is 0.980. The van der Waals surface area contributed by atoms with E-state index in [-0.39, 0.29) is 5.91 Å². The number of carbonyl (C=O) groups is 1. The molecule has 0 saturated carbocycles. The van der Waals surface area contributed by atoms with Crippen LogP contribution in [0.2, 0.25) is 0 Å². The lowest BCUT2D eigenvalue weighted by Crippen LogP contribution is -2.46. The van der Waals surface area contributed by atoms with Gasteiger partial charge in [0.25, 0.3) is 5.91 Å². The third-order valence-electron chi connectivity index (χ3n) is 5.34. The van der Waals surface area contributed by atoms with Gasteiger partial charge in [0.15, 0.2) is 5.69 Å².